The molecule has 1 aromatic carbocycles. The van der Waals surface area contributed by atoms with Gasteiger partial charge in [0.25, 0.3) is 0 Å². The zero-order valence-corrected chi connectivity index (χ0v) is 14.0. The van der Waals surface area contributed by atoms with Crippen molar-refractivity contribution in [2.45, 2.75) is 31.7 Å². The van der Waals surface area contributed by atoms with Crippen LogP contribution >= 0.6 is 0 Å². The van der Waals surface area contributed by atoms with Gasteiger partial charge in [-0.25, -0.2) is 9.78 Å². The Balaban J connectivity index is 1.60. The maximum Gasteiger partial charge on any atom is 0.319 e. The van der Waals surface area contributed by atoms with E-state index in [1.165, 1.54) is 0 Å². The van der Waals surface area contributed by atoms with Crippen molar-refractivity contribution in [3.05, 3.63) is 30.5 Å². The Morgan fingerprint density at radius 1 is 1.20 bits per heavy atom. The molecule has 1 aliphatic rings. The van der Waals surface area contributed by atoms with Crippen LogP contribution in [0.15, 0.2) is 30.5 Å². The van der Waals surface area contributed by atoms with Gasteiger partial charge >= 0.3 is 12.0 Å². The van der Waals surface area contributed by atoms with E-state index in [2.05, 4.69) is 15.6 Å². The molecule has 132 valence electrons. The fraction of sp³-hybridized carbons (Fsp3) is 0.389. The fourth-order valence-electron chi connectivity index (χ4n) is 3.23. The minimum absolute atomic E-state index is 0.0142. The van der Waals surface area contributed by atoms with Crippen molar-refractivity contribution in [2.24, 2.45) is 5.92 Å². The predicted molar refractivity (Wildman–Crippen MR) is 93.8 cm³/mol. The first-order chi connectivity index (χ1) is 12.1. The smallest absolute Gasteiger partial charge is 0.319 e. The van der Waals surface area contributed by atoms with Gasteiger partial charge in [0.15, 0.2) is 0 Å². The summed E-state index contributed by atoms with van der Waals surface area (Å²) in [5.41, 5.74) is 0.678. The summed E-state index contributed by atoms with van der Waals surface area (Å²) in [6.45, 7) is 0. The van der Waals surface area contributed by atoms with E-state index in [4.69, 9.17) is 9.84 Å². The van der Waals surface area contributed by atoms with Crippen molar-refractivity contribution in [3.63, 3.8) is 0 Å². The molecule has 25 heavy (non-hydrogen) atoms. The maximum atomic E-state index is 12.2. The van der Waals surface area contributed by atoms with E-state index in [0.717, 1.165) is 10.8 Å². The van der Waals surface area contributed by atoms with E-state index in [9.17, 15) is 9.59 Å². The number of aliphatic carboxylic acids is 1. The van der Waals surface area contributed by atoms with Gasteiger partial charge in [0.2, 0.25) is 5.88 Å². The van der Waals surface area contributed by atoms with Crippen LogP contribution < -0.4 is 15.4 Å². The Morgan fingerprint density at radius 3 is 2.64 bits per heavy atom. The number of urea groups is 1. The molecular weight excluding hydrogens is 322 g/mol. The van der Waals surface area contributed by atoms with Crippen LogP contribution in [-0.2, 0) is 4.79 Å². The quantitative estimate of drug-likeness (QED) is 0.792. The van der Waals surface area contributed by atoms with Crippen molar-refractivity contribution in [1.29, 1.82) is 0 Å². The van der Waals surface area contributed by atoms with Crippen LogP contribution in [0.5, 0.6) is 5.88 Å². The summed E-state index contributed by atoms with van der Waals surface area (Å²) in [6, 6.07) is 7.11. The molecule has 2 amide bonds. The lowest BCUT2D eigenvalue weighted by Crippen LogP contribution is -2.40. The zero-order chi connectivity index (χ0) is 17.8. The van der Waals surface area contributed by atoms with Crippen LogP contribution in [0, 0.1) is 5.92 Å². The number of methoxy groups -OCH3 is 1. The number of carbonyl (C=O) groups is 2. The molecule has 3 N–H and O–H groups in total. The Kier molecular flexibility index (Phi) is 5.02. The highest BCUT2D eigenvalue weighted by molar-refractivity contribution is 5.95. The van der Waals surface area contributed by atoms with Crippen LogP contribution in [0.1, 0.15) is 25.7 Å². The van der Waals surface area contributed by atoms with E-state index < -0.39 is 5.97 Å². The van der Waals surface area contributed by atoms with Gasteiger partial charge in [0.1, 0.15) is 0 Å². The first kappa shape index (κ1) is 17.0. The van der Waals surface area contributed by atoms with E-state index in [0.29, 0.717) is 37.3 Å². The van der Waals surface area contributed by atoms with Gasteiger partial charge in [-0.15, -0.1) is 0 Å². The number of nitrogens with zero attached hydrogens (tertiary/aromatic N) is 1. The van der Waals surface area contributed by atoms with E-state index in [1.54, 1.807) is 19.4 Å². The van der Waals surface area contributed by atoms with E-state index in [-0.39, 0.29) is 18.0 Å². The molecule has 1 fully saturated rings. The molecule has 0 unspecified atom stereocenters. The lowest BCUT2D eigenvalue weighted by Gasteiger charge is -2.26. The number of hydrogen-bond acceptors (Lipinski definition) is 4. The summed E-state index contributed by atoms with van der Waals surface area (Å²) in [4.78, 5) is 27.3. The van der Waals surface area contributed by atoms with Crippen LogP contribution in [0.4, 0.5) is 10.5 Å². The Hall–Kier alpha value is -2.83. The van der Waals surface area contributed by atoms with Crippen LogP contribution in [-0.4, -0.2) is 35.2 Å². The molecule has 0 saturated heterocycles. The number of ether oxygens (including phenoxy) is 1. The third kappa shape index (κ3) is 3.99. The standard InChI is InChI=1S/C18H21N3O4/c1-25-16-15-7-6-14(10-12(15)8-9-19-16)21-18(24)20-13-4-2-11(3-5-13)17(22)23/h6-11,13H,2-5H2,1H3,(H,22,23)(H2,20,21,24). The number of fused-ring (bicyclic) bond motifs is 1. The Morgan fingerprint density at radius 2 is 1.96 bits per heavy atom. The topological polar surface area (TPSA) is 101 Å². The largest absolute Gasteiger partial charge is 0.481 e. The molecular formula is C18H21N3O4. The van der Waals surface area contributed by atoms with Crippen molar-refractivity contribution in [3.8, 4) is 5.88 Å². The maximum absolute atomic E-state index is 12.2. The number of carbonyl (C=O) groups excluding carboxylic acids is 1. The number of rotatable bonds is 4. The molecule has 3 rings (SSSR count). The van der Waals surface area contributed by atoms with Crippen molar-refractivity contribution >= 4 is 28.5 Å². The number of carboxylic acid groups (broad SMARTS) is 1. The van der Waals surface area contributed by atoms with E-state index >= 15 is 0 Å². The molecule has 1 aliphatic carbocycles. The first-order valence-electron chi connectivity index (χ1n) is 8.30. The molecule has 0 aliphatic heterocycles. The minimum Gasteiger partial charge on any atom is -0.481 e. The number of hydrogen-bond donors (Lipinski definition) is 3. The highest BCUT2D eigenvalue weighted by atomic mass is 16.5. The highest BCUT2D eigenvalue weighted by Gasteiger charge is 2.26. The van der Waals surface area contributed by atoms with Crippen LogP contribution in [0.2, 0.25) is 0 Å². The van der Waals surface area contributed by atoms with Gasteiger partial charge in [-0.2, -0.15) is 0 Å². The van der Waals surface area contributed by atoms with Gasteiger partial charge in [-0.3, -0.25) is 4.79 Å². The SMILES string of the molecule is COc1nccc2cc(NC(=O)NC3CCC(C(=O)O)CC3)ccc12. The molecule has 0 radical (unpaired) electrons. The summed E-state index contributed by atoms with van der Waals surface area (Å²) < 4.78 is 5.22. The number of pyridine rings is 1. The number of nitrogens with one attached hydrogen (secondary N) is 2. The minimum atomic E-state index is -0.746. The third-order valence-electron chi connectivity index (χ3n) is 4.59. The van der Waals surface area contributed by atoms with Gasteiger partial charge in [-0.05, 0) is 55.3 Å². The summed E-state index contributed by atoms with van der Waals surface area (Å²) in [5, 5.41) is 16.6. The average Bonchev–Trinajstić information content (AvgIpc) is 2.61. The van der Waals surface area contributed by atoms with Gasteiger partial charge in [0, 0.05) is 23.3 Å². The number of anilines is 1. The molecule has 0 bridgehead atoms. The monoisotopic (exact) mass is 343 g/mol. The summed E-state index contributed by atoms with van der Waals surface area (Å²) in [5.74, 6) is -0.488. The molecule has 1 saturated carbocycles. The average molecular weight is 343 g/mol. The second kappa shape index (κ2) is 7.38. The zero-order valence-electron chi connectivity index (χ0n) is 14.0. The van der Waals surface area contributed by atoms with Crippen molar-refractivity contribution in [1.82, 2.24) is 10.3 Å². The number of carboxylic acids is 1. The molecule has 2 aromatic rings. The molecule has 7 heteroatoms. The number of amides is 2. The molecule has 0 atom stereocenters. The lowest BCUT2D eigenvalue weighted by molar-refractivity contribution is -0.142. The van der Waals surface area contributed by atoms with Crippen LogP contribution in [0.3, 0.4) is 0 Å². The summed E-state index contributed by atoms with van der Waals surface area (Å²) >= 11 is 0. The molecule has 1 heterocycles. The molecule has 1 aromatic heterocycles. The number of benzene rings is 1. The summed E-state index contributed by atoms with van der Waals surface area (Å²) in [6.07, 6.45) is 4.23. The molecule has 7 nitrogen and oxygen atoms in total. The van der Waals surface area contributed by atoms with Crippen molar-refractivity contribution < 1.29 is 19.4 Å². The third-order valence-corrected chi connectivity index (χ3v) is 4.59. The van der Waals surface area contributed by atoms with Gasteiger partial charge in [0.05, 0.1) is 13.0 Å². The number of aromatic nitrogens is 1. The second-order valence-corrected chi connectivity index (χ2v) is 6.24. The molecule has 0 spiro atoms. The van der Waals surface area contributed by atoms with E-state index in [1.807, 2.05) is 18.2 Å². The van der Waals surface area contributed by atoms with Gasteiger partial charge in [-0.1, -0.05) is 0 Å². The van der Waals surface area contributed by atoms with Crippen LogP contribution in [0.25, 0.3) is 10.8 Å². The lowest BCUT2D eigenvalue weighted by atomic mass is 9.86. The highest BCUT2D eigenvalue weighted by Crippen LogP contribution is 2.26. The first-order valence-corrected chi connectivity index (χ1v) is 8.30. The normalized spacial score (nSPS) is 20.0. The van der Waals surface area contributed by atoms with Crippen molar-refractivity contribution in [2.75, 3.05) is 12.4 Å². The Labute approximate surface area is 145 Å². The summed E-state index contributed by atoms with van der Waals surface area (Å²) in [7, 11) is 1.57. The second-order valence-electron chi connectivity index (χ2n) is 6.24. The Bertz CT molecular complexity index is 785. The van der Waals surface area contributed by atoms with Gasteiger partial charge < -0.3 is 20.5 Å². The predicted octanol–water partition coefficient (Wildman–Crippen LogP) is 3.01. The fourth-order valence-corrected chi connectivity index (χ4v) is 3.23.